The van der Waals surface area contributed by atoms with Gasteiger partial charge in [0.1, 0.15) is 17.6 Å². The molecule has 1 unspecified atom stereocenters. The van der Waals surface area contributed by atoms with Crippen molar-refractivity contribution in [3.63, 3.8) is 0 Å². The van der Waals surface area contributed by atoms with Gasteiger partial charge < -0.3 is 20.4 Å². The summed E-state index contributed by atoms with van der Waals surface area (Å²) in [7, 11) is 0. The van der Waals surface area contributed by atoms with E-state index in [1.54, 1.807) is 20.8 Å². The first-order chi connectivity index (χ1) is 12.8. The maximum atomic E-state index is 14.0. The minimum atomic E-state index is -0.766. The number of halogens is 1. The molecular weight excluding hydrogens is 355 g/mol. The van der Waals surface area contributed by atoms with Crippen LogP contribution in [0.2, 0.25) is 0 Å². The summed E-state index contributed by atoms with van der Waals surface area (Å²) < 4.78 is 19.1. The van der Waals surface area contributed by atoms with E-state index < -0.39 is 29.7 Å². The summed E-state index contributed by atoms with van der Waals surface area (Å²) >= 11 is 0. The van der Waals surface area contributed by atoms with Crippen molar-refractivity contribution in [3.8, 4) is 0 Å². The number of aryl methyl sites for hydroxylation is 1. The summed E-state index contributed by atoms with van der Waals surface area (Å²) in [4.78, 5) is 35.6. The highest BCUT2D eigenvalue weighted by Gasteiger charge is 2.17. The molecule has 2 rings (SSSR count). The van der Waals surface area contributed by atoms with Gasteiger partial charge in [-0.25, -0.2) is 9.18 Å². The Bertz CT molecular complexity index is 850. The Morgan fingerprint density at radius 3 is 2.59 bits per heavy atom. The third kappa shape index (κ3) is 5.30. The standard InChI is InChI=1S/C18H21FN4O4/c1-4-20-18(26)23-16(24)10(2)21-12-5-6-14(19)15(9-12)22-17(25)13-7-8-27-11(13)3/h5-10,21H,4H2,1-3H3,(H,22,25)(H2,20,23,24,26). The number of furan rings is 1. The predicted molar refractivity (Wildman–Crippen MR) is 98.1 cm³/mol. The van der Waals surface area contributed by atoms with Gasteiger partial charge in [0.25, 0.3) is 5.91 Å². The molecule has 0 saturated heterocycles. The van der Waals surface area contributed by atoms with Crippen LogP contribution >= 0.6 is 0 Å². The number of nitrogens with one attached hydrogen (secondary N) is 4. The van der Waals surface area contributed by atoms with Crippen molar-refractivity contribution in [2.75, 3.05) is 17.2 Å². The minimum absolute atomic E-state index is 0.0538. The van der Waals surface area contributed by atoms with Gasteiger partial charge in [0.2, 0.25) is 5.91 Å². The van der Waals surface area contributed by atoms with Crippen molar-refractivity contribution in [2.45, 2.75) is 26.8 Å². The zero-order valence-corrected chi connectivity index (χ0v) is 15.2. The molecule has 0 radical (unpaired) electrons. The molecule has 1 atom stereocenters. The van der Waals surface area contributed by atoms with Gasteiger partial charge in [0, 0.05) is 12.2 Å². The van der Waals surface area contributed by atoms with Crippen LogP contribution < -0.4 is 21.3 Å². The first kappa shape index (κ1) is 20.0. The second kappa shape index (κ2) is 8.84. The number of hydrogen-bond donors (Lipinski definition) is 4. The molecule has 0 saturated carbocycles. The number of carbonyl (C=O) groups is 3. The Balaban J connectivity index is 2.06. The monoisotopic (exact) mass is 376 g/mol. The molecule has 8 nitrogen and oxygen atoms in total. The fourth-order valence-corrected chi connectivity index (χ4v) is 2.26. The van der Waals surface area contributed by atoms with E-state index in [-0.39, 0.29) is 5.69 Å². The molecule has 0 bridgehead atoms. The summed E-state index contributed by atoms with van der Waals surface area (Å²) in [6, 6.07) is 4.06. The van der Waals surface area contributed by atoms with E-state index in [0.717, 1.165) is 6.07 Å². The van der Waals surface area contributed by atoms with E-state index in [2.05, 4.69) is 21.3 Å². The Hall–Kier alpha value is -3.36. The van der Waals surface area contributed by atoms with Gasteiger partial charge >= 0.3 is 6.03 Å². The van der Waals surface area contributed by atoms with Crippen molar-refractivity contribution in [1.29, 1.82) is 0 Å². The molecular formula is C18H21FN4O4. The SMILES string of the molecule is CCNC(=O)NC(=O)C(C)Nc1ccc(F)c(NC(=O)c2ccoc2C)c1. The number of anilines is 2. The van der Waals surface area contributed by atoms with Crippen LogP contribution in [-0.2, 0) is 4.79 Å². The number of rotatable bonds is 6. The van der Waals surface area contributed by atoms with Crippen molar-refractivity contribution < 1.29 is 23.2 Å². The number of urea groups is 1. The third-order valence-electron chi connectivity index (χ3n) is 3.67. The van der Waals surface area contributed by atoms with Crippen LogP contribution in [0.4, 0.5) is 20.6 Å². The van der Waals surface area contributed by atoms with Crippen LogP contribution in [0, 0.1) is 12.7 Å². The maximum Gasteiger partial charge on any atom is 0.321 e. The lowest BCUT2D eigenvalue weighted by Crippen LogP contribution is -2.45. The molecule has 0 aliphatic heterocycles. The van der Waals surface area contributed by atoms with E-state index in [1.807, 2.05) is 0 Å². The molecule has 2 aromatic rings. The smallest absolute Gasteiger partial charge is 0.321 e. The molecule has 9 heteroatoms. The zero-order valence-electron chi connectivity index (χ0n) is 15.2. The lowest BCUT2D eigenvalue weighted by atomic mass is 10.2. The summed E-state index contributed by atoms with van der Waals surface area (Å²) in [5.74, 6) is -1.28. The van der Waals surface area contributed by atoms with Crippen LogP contribution in [0.5, 0.6) is 0 Å². The first-order valence-corrected chi connectivity index (χ1v) is 8.32. The van der Waals surface area contributed by atoms with Crippen molar-refractivity contribution in [3.05, 3.63) is 47.7 Å². The van der Waals surface area contributed by atoms with Gasteiger partial charge in [-0.1, -0.05) is 0 Å². The van der Waals surface area contributed by atoms with E-state index in [9.17, 15) is 18.8 Å². The van der Waals surface area contributed by atoms with E-state index in [1.165, 1.54) is 24.5 Å². The minimum Gasteiger partial charge on any atom is -0.469 e. The van der Waals surface area contributed by atoms with Crippen LogP contribution in [0.15, 0.2) is 34.9 Å². The number of benzene rings is 1. The van der Waals surface area contributed by atoms with Crippen molar-refractivity contribution in [1.82, 2.24) is 10.6 Å². The average Bonchev–Trinajstić information content (AvgIpc) is 3.04. The van der Waals surface area contributed by atoms with E-state index >= 15 is 0 Å². The molecule has 0 fully saturated rings. The van der Waals surface area contributed by atoms with Crippen LogP contribution in [0.3, 0.4) is 0 Å². The second-order valence-electron chi connectivity index (χ2n) is 5.75. The van der Waals surface area contributed by atoms with Crippen molar-refractivity contribution in [2.24, 2.45) is 0 Å². The Kier molecular flexibility index (Phi) is 6.53. The van der Waals surface area contributed by atoms with Gasteiger partial charge in [-0.15, -0.1) is 0 Å². The highest BCUT2D eigenvalue weighted by Crippen LogP contribution is 2.22. The number of amides is 4. The molecule has 27 heavy (non-hydrogen) atoms. The molecule has 1 aromatic carbocycles. The lowest BCUT2D eigenvalue weighted by molar-refractivity contribution is -0.120. The van der Waals surface area contributed by atoms with Crippen LogP contribution in [-0.4, -0.2) is 30.4 Å². The predicted octanol–water partition coefficient (Wildman–Crippen LogP) is 2.63. The summed E-state index contributed by atoms with van der Waals surface area (Å²) in [6.45, 7) is 5.28. The van der Waals surface area contributed by atoms with Crippen molar-refractivity contribution >= 4 is 29.2 Å². The second-order valence-corrected chi connectivity index (χ2v) is 5.75. The van der Waals surface area contributed by atoms with Gasteiger partial charge in [-0.2, -0.15) is 0 Å². The lowest BCUT2D eigenvalue weighted by Gasteiger charge is -2.16. The maximum absolute atomic E-state index is 14.0. The molecule has 4 amide bonds. The average molecular weight is 376 g/mol. The topological polar surface area (TPSA) is 112 Å². The normalized spacial score (nSPS) is 11.4. The summed E-state index contributed by atoms with van der Waals surface area (Å²) in [5, 5.41) is 9.94. The summed E-state index contributed by atoms with van der Waals surface area (Å²) in [6.07, 6.45) is 1.37. The Morgan fingerprint density at radius 2 is 1.96 bits per heavy atom. The molecule has 1 heterocycles. The molecule has 144 valence electrons. The molecule has 0 aliphatic carbocycles. The molecule has 0 spiro atoms. The molecule has 0 aliphatic rings. The highest BCUT2D eigenvalue weighted by atomic mass is 19.1. The molecule has 1 aromatic heterocycles. The highest BCUT2D eigenvalue weighted by molar-refractivity contribution is 6.05. The number of hydrogen-bond acceptors (Lipinski definition) is 5. The Morgan fingerprint density at radius 1 is 1.22 bits per heavy atom. The van der Waals surface area contributed by atoms with Gasteiger partial charge in [-0.05, 0) is 45.0 Å². The summed E-state index contributed by atoms with van der Waals surface area (Å²) in [5.41, 5.74) is 0.638. The van der Waals surface area contributed by atoms with Gasteiger partial charge in [0.05, 0.1) is 17.5 Å². The van der Waals surface area contributed by atoms with Gasteiger partial charge in [0.15, 0.2) is 0 Å². The number of carbonyl (C=O) groups excluding carboxylic acids is 3. The fourth-order valence-electron chi connectivity index (χ4n) is 2.26. The third-order valence-corrected chi connectivity index (χ3v) is 3.67. The van der Waals surface area contributed by atoms with E-state index in [0.29, 0.717) is 23.6 Å². The molecule has 4 N–H and O–H groups in total. The fraction of sp³-hybridized carbons (Fsp3) is 0.278. The quantitative estimate of drug-likeness (QED) is 0.619. The first-order valence-electron chi connectivity index (χ1n) is 8.32. The zero-order chi connectivity index (χ0) is 20.0. The number of imide groups is 1. The van der Waals surface area contributed by atoms with E-state index in [4.69, 9.17) is 4.42 Å². The Labute approximate surface area is 155 Å². The van der Waals surface area contributed by atoms with Crippen LogP contribution in [0.25, 0.3) is 0 Å². The largest absolute Gasteiger partial charge is 0.469 e. The van der Waals surface area contributed by atoms with Gasteiger partial charge in [-0.3, -0.25) is 14.9 Å². The van der Waals surface area contributed by atoms with Crippen LogP contribution in [0.1, 0.15) is 30.0 Å².